The molecule has 1 unspecified atom stereocenters. The number of ether oxygens (including phenoxy) is 2. The number of nitrogens with one attached hydrogen (secondary N) is 1. The van der Waals surface area contributed by atoms with Crippen molar-refractivity contribution in [3.05, 3.63) is 71.1 Å². The van der Waals surface area contributed by atoms with E-state index in [1.165, 1.54) is 24.3 Å². The number of amides is 1. The van der Waals surface area contributed by atoms with Crippen molar-refractivity contribution in [2.45, 2.75) is 32.7 Å². The second kappa shape index (κ2) is 12.1. The monoisotopic (exact) mass is 517 g/mol. The van der Waals surface area contributed by atoms with Crippen LogP contribution < -0.4 is 19.8 Å². The summed E-state index contributed by atoms with van der Waals surface area (Å²) in [7, 11) is 1.38. The van der Waals surface area contributed by atoms with Gasteiger partial charge >= 0.3 is 0 Å². The van der Waals surface area contributed by atoms with Crippen LogP contribution in [-0.4, -0.2) is 42.0 Å². The molecule has 0 bridgehead atoms. The summed E-state index contributed by atoms with van der Waals surface area (Å²) in [4.78, 5) is 30.4. The molecule has 38 heavy (non-hydrogen) atoms. The summed E-state index contributed by atoms with van der Waals surface area (Å²) in [5.41, 5.74) is 2.41. The highest BCUT2D eigenvalue weighted by Gasteiger charge is 2.28. The van der Waals surface area contributed by atoms with Crippen LogP contribution in [0, 0.1) is 29.5 Å². The second-order valence-corrected chi connectivity index (χ2v) is 8.66. The molecule has 1 atom stereocenters. The molecular formula is C28H28FN5O4. The Labute approximate surface area is 220 Å². The molecule has 1 saturated heterocycles. The first-order valence-corrected chi connectivity index (χ1v) is 12.1. The Morgan fingerprint density at radius 2 is 2.00 bits per heavy atom. The average molecular weight is 518 g/mol. The number of aromatic nitrogens is 1. The van der Waals surface area contributed by atoms with E-state index in [1.54, 1.807) is 54.5 Å². The number of methoxy groups -OCH3 is 1. The van der Waals surface area contributed by atoms with Gasteiger partial charge in [0.2, 0.25) is 5.82 Å². The maximum Gasteiger partial charge on any atom is 0.298 e. The zero-order valence-corrected chi connectivity index (χ0v) is 21.4. The highest BCUT2D eigenvalue weighted by atomic mass is 19.1. The molecule has 2 heterocycles. The van der Waals surface area contributed by atoms with Crippen molar-refractivity contribution in [2.75, 3.05) is 30.5 Å². The van der Waals surface area contributed by atoms with E-state index in [2.05, 4.69) is 27.4 Å². The standard InChI is InChI=1S/C28H28FN5O4/c1-4-7-26(35)33-15-6-8-21(33)17-31-28-19(2)16-30-18-23(28)34(32-36)20-11-13-22(14-12-20)38-25-10-5-9-24(37-3)27(25)29/h5,9-14,16,18,21H,6,8,15,17H2,1-3H3,(H,30,31). The number of carbonyl (C=O) groups is 1. The van der Waals surface area contributed by atoms with Crippen LogP contribution in [0.1, 0.15) is 25.3 Å². The van der Waals surface area contributed by atoms with Gasteiger partial charge in [-0.05, 0) is 74.6 Å². The third-order valence-electron chi connectivity index (χ3n) is 6.27. The van der Waals surface area contributed by atoms with Gasteiger partial charge in [0.15, 0.2) is 11.5 Å². The quantitative estimate of drug-likeness (QED) is 0.225. The molecule has 4 rings (SSSR count). The van der Waals surface area contributed by atoms with Gasteiger partial charge in [0.1, 0.15) is 11.4 Å². The van der Waals surface area contributed by atoms with Crippen LogP contribution in [0.15, 0.2) is 60.1 Å². The third-order valence-corrected chi connectivity index (χ3v) is 6.27. The number of benzene rings is 2. The molecule has 1 fully saturated rings. The number of aryl methyl sites for hydroxylation is 1. The van der Waals surface area contributed by atoms with Gasteiger partial charge in [-0.25, -0.2) is 0 Å². The summed E-state index contributed by atoms with van der Waals surface area (Å²) in [6.45, 7) is 4.67. The van der Waals surface area contributed by atoms with E-state index < -0.39 is 5.82 Å². The molecule has 0 aliphatic carbocycles. The molecule has 3 aromatic rings. The molecule has 1 amide bonds. The SMILES string of the molecule is CC#CC(=O)N1CCCC1CNc1c(C)cncc1N(N=O)c1ccc(Oc2cccc(OC)c2F)cc1. The molecule has 0 radical (unpaired) electrons. The smallest absolute Gasteiger partial charge is 0.298 e. The Kier molecular flexibility index (Phi) is 8.38. The largest absolute Gasteiger partial charge is 0.494 e. The molecule has 0 spiro atoms. The number of nitroso groups, excluding NO2 is 1. The van der Waals surface area contributed by atoms with Gasteiger partial charge in [0.25, 0.3) is 5.91 Å². The van der Waals surface area contributed by atoms with Gasteiger partial charge in [-0.15, -0.1) is 4.91 Å². The number of likely N-dealkylation sites (tertiary alicyclic amines) is 1. The van der Waals surface area contributed by atoms with Crippen molar-refractivity contribution in [1.29, 1.82) is 0 Å². The zero-order valence-electron chi connectivity index (χ0n) is 21.4. The number of halogens is 1. The zero-order chi connectivity index (χ0) is 27.1. The third kappa shape index (κ3) is 5.67. The second-order valence-electron chi connectivity index (χ2n) is 8.66. The minimum atomic E-state index is -0.610. The van der Waals surface area contributed by atoms with Crippen LogP contribution >= 0.6 is 0 Å². The molecule has 9 nitrogen and oxygen atoms in total. The summed E-state index contributed by atoms with van der Waals surface area (Å²) in [5, 5.41) is 7.85. The molecule has 1 N–H and O–H groups in total. The highest BCUT2D eigenvalue weighted by molar-refractivity contribution is 5.94. The molecule has 2 aromatic carbocycles. The van der Waals surface area contributed by atoms with E-state index in [4.69, 9.17) is 9.47 Å². The predicted octanol–water partition coefficient (Wildman–Crippen LogP) is 5.58. The normalized spacial score (nSPS) is 14.3. The van der Waals surface area contributed by atoms with Gasteiger partial charge in [0, 0.05) is 25.3 Å². The van der Waals surface area contributed by atoms with Crippen molar-refractivity contribution in [2.24, 2.45) is 5.29 Å². The minimum Gasteiger partial charge on any atom is -0.494 e. The first kappa shape index (κ1) is 26.4. The number of anilines is 3. The average Bonchev–Trinajstić information content (AvgIpc) is 3.40. The first-order valence-electron chi connectivity index (χ1n) is 12.1. The first-order chi connectivity index (χ1) is 18.5. The van der Waals surface area contributed by atoms with E-state index in [1.807, 2.05) is 6.92 Å². The number of hydrogen-bond donors (Lipinski definition) is 1. The fourth-order valence-electron chi connectivity index (χ4n) is 4.39. The Morgan fingerprint density at radius 1 is 1.24 bits per heavy atom. The van der Waals surface area contributed by atoms with E-state index >= 15 is 0 Å². The summed E-state index contributed by atoms with van der Waals surface area (Å²) in [6.07, 6.45) is 5.00. The maximum atomic E-state index is 14.5. The van der Waals surface area contributed by atoms with Crippen molar-refractivity contribution in [1.82, 2.24) is 9.88 Å². The van der Waals surface area contributed by atoms with Crippen molar-refractivity contribution >= 4 is 23.0 Å². The van der Waals surface area contributed by atoms with Crippen LogP contribution in [0.2, 0.25) is 0 Å². The Balaban J connectivity index is 1.53. The van der Waals surface area contributed by atoms with Gasteiger partial charge in [0.05, 0.1) is 30.0 Å². The van der Waals surface area contributed by atoms with E-state index in [0.717, 1.165) is 18.4 Å². The minimum absolute atomic E-state index is 0.0150. The lowest BCUT2D eigenvalue weighted by atomic mass is 10.1. The van der Waals surface area contributed by atoms with E-state index in [0.29, 0.717) is 35.9 Å². The molecule has 0 saturated carbocycles. The fourth-order valence-corrected chi connectivity index (χ4v) is 4.39. The van der Waals surface area contributed by atoms with Gasteiger partial charge in [-0.1, -0.05) is 12.0 Å². The lowest BCUT2D eigenvalue weighted by Gasteiger charge is -2.26. The summed E-state index contributed by atoms with van der Waals surface area (Å²) in [5.74, 6) is 4.94. The fraction of sp³-hybridized carbons (Fsp3) is 0.286. The van der Waals surface area contributed by atoms with Gasteiger partial charge in [-0.3, -0.25) is 9.78 Å². The van der Waals surface area contributed by atoms with Gasteiger partial charge in [-0.2, -0.15) is 9.40 Å². The number of hydrogen-bond acceptors (Lipinski definition) is 7. The van der Waals surface area contributed by atoms with Crippen LogP contribution in [0.25, 0.3) is 0 Å². The highest BCUT2D eigenvalue weighted by Crippen LogP contribution is 2.36. The van der Waals surface area contributed by atoms with E-state index in [9.17, 15) is 14.1 Å². The van der Waals surface area contributed by atoms with Gasteiger partial charge < -0.3 is 19.7 Å². The number of carbonyl (C=O) groups excluding carboxylic acids is 1. The number of pyridine rings is 1. The number of rotatable bonds is 9. The molecule has 1 aliphatic heterocycles. The Hall–Kier alpha value is -4.65. The molecule has 1 aliphatic rings. The van der Waals surface area contributed by atoms with Crippen LogP contribution in [0.4, 0.5) is 21.5 Å². The van der Waals surface area contributed by atoms with Crippen molar-refractivity contribution in [3.63, 3.8) is 0 Å². The Bertz CT molecular complexity index is 1370. The lowest BCUT2D eigenvalue weighted by Crippen LogP contribution is -2.39. The van der Waals surface area contributed by atoms with Crippen molar-refractivity contribution in [3.8, 4) is 29.1 Å². The summed E-state index contributed by atoms with van der Waals surface area (Å²) < 4.78 is 25.1. The molecule has 10 heteroatoms. The van der Waals surface area contributed by atoms with E-state index in [-0.39, 0.29) is 23.4 Å². The molecule has 1 aromatic heterocycles. The Morgan fingerprint density at radius 3 is 2.71 bits per heavy atom. The summed E-state index contributed by atoms with van der Waals surface area (Å²) >= 11 is 0. The number of nitrogens with zero attached hydrogens (tertiary/aromatic N) is 4. The topological polar surface area (TPSA) is 96.4 Å². The maximum absolute atomic E-state index is 14.5. The van der Waals surface area contributed by atoms with Crippen LogP contribution in [-0.2, 0) is 4.79 Å². The molecule has 196 valence electrons. The van der Waals surface area contributed by atoms with Crippen LogP contribution in [0.3, 0.4) is 0 Å². The summed E-state index contributed by atoms with van der Waals surface area (Å²) in [6, 6.07) is 11.1. The lowest BCUT2D eigenvalue weighted by molar-refractivity contribution is -0.125. The molecular weight excluding hydrogens is 489 g/mol. The van der Waals surface area contributed by atoms with Crippen LogP contribution in [0.5, 0.6) is 17.2 Å². The van der Waals surface area contributed by atoms with Crippen molar-refractivity contribution < 1.29 is 18.7 Å². The predicted molar refractivity (Wildman–Crippen MR) is 143 cm³/mol.